The van der Waals surface area contributed by atoms with Crippen molar-refractivity contribution in [2.24, 2.45) is 11.7 Å². The quantitative estimate of drug-likeness (QED) is 0.786. The fraction of sp³-hybridized carbons (Fsp3) is 0.500. The van der Waals surface area contributed by atoms with Crippen LogP contribution in [0, 0.1) is 5.92 Å². The van der Waals surface area contributed by atoms with Gasteiger partial charge in [-0.3, -0.25) is 0 Å². The number of aryl methyl sites for hydroxylation is 1. The maximum absolute atomic E-state index is 5.62. The van der Waals surface area contributed by atoms with Crippen molar-refractivity contribution in [1.29, 1.82) is 0 Å². The topological polar surface area (TPSA) is 64.9 Å². The van der Waals surface area contributed by atoms with E-state index in [1.807, 2.05) is 18.2 Å². The molecular weight excluding hydrogens is 330 g/mol. The summed E-state index contributed by atoms with van der Waals surface area (Å²) >= 11 is 3.54. The fourth-order valence-electron chi connectivity index (χ4n) is 2.39. The Morgan fingerprint density at radius 1 is 1.29 bits per heavy atom. The van der Waals surface area contributed by atoms with E-state index in [1.54, 1.807) is 0 Å². The Morgan fingerprint density at radius 2 is 2.10 bits per heavy atom. The number of hydrogen-bond acceptors (Lipinski definition) is 4. The Balaban J connectivity index is 1.91. The van der Waals surface area contributed by atoms with Gasteiger partial charge < -0.3 is 10.3 Å². The third-order valence-corrected chi connectivity index (χ3v) is 4.51. The molecule has 0 fully saturated rings. The summed E-state index contributed by atoms with van der Waals surface area (Å²) in [4.78, 5) is 4.48. The van der Waals surface area contributed by atoms with Crippen LogP contribution in [0.1, 0.15) is 43.5 Å². The molecule has 0 aliphatic carbocycles. The number of benzene rings is 1. The number of rotatable bonds is 8. The highest BCUT2D eigenvalue weighted by Crippen LogP contribution is 2.19. The van der Waals surface area contributed by atoms with Crippen molar-refractivity contribution in [3.05, 3.63) is 46.0 Å². The molecule has 2 N–H and O–H groups in total. The van der Waals surface area contributed by atoms with Gasteiger partial charge in [0.2, 0.25) is 5.89 Å². The zero-order valence-corrected chi connectivity index (χ0v) is 14.0. The highest BCUT2D eigenvalue weighted by Gasteiger charge is 2.11. The van der Waals surface area contributed by atoms with Crippen LogP contribution in [-0.2, 0) is 12.8 Å². The molecule has 0 saturated heterocycles. The normalized spacial score (nSPS) is 12.5. The first kappa shape index (κ1) is 16.2. The maximum Gasteiger partial charge on any atom is 0.226 e. The molecule has 1 heterocycles. The van der Waals surface area contributed by atoms with Crippen molar-refractivity contribution >= 4 is 15.9 Å². The Labute approximate surface area is 134 Å². The maximum atomic E-state index is 5.62. The SMILES string of the molecule is CCC(CCN)CCc1nc(Cc2ccccc2Br)no1. The molecular formula is C16H22BrN3O. The zero-order chi connectivity index (χ0) is 15.1. The van der Waals surface area contributed by atoms with E-state index >= 15 is 0 Å². The number of hydrogen-bond donors (Lipinski definition) is 1. The minimum absolute atomic E-state index is 0.647. The average molecular weight is 352 g/mol. The highest BCUT2D eigenvalue weighted by molar-refractivity contribution is 9.10. The average Bonchev–Trinajstić information content (AvgIpc) is 2.93. The van der Waals surface area contributed by atoms with Gasteiger partial charge in [0, 0.05) is 17.3 Å². The lowest BCUT2D eigenvalue weighted by atomic mass is 9.97. The largest absolute Gasteiger partial charge is 0.339 e. The second-order valence-corrected chi connectivity index (χ2v) is 6.12. The lowest BCUT2D eigenvalue weighted by Crippen LogP contribution is -2.09. The molecule has 0 aliphatic heterocycles. The predicted octanol–water partition coefficient (Wildman–Crippen LogP) is 3.73. The molecule has 0 radical (unpaired) electrons. The van der Waals surface area contributed by atoms with Gasteiger partial charge in [0.15, 0.2) is 5.82 Å². The summed E-state index contributed by atoms with van der Waals surface area (Å²) < 4.78 is 6.42. The number of nitrogens with two attached hydrogens (primary N) is 1. The van der Waals surface area contributed by atoms with Crippen molar-refractivity contribution in [2.45, 2.75) is 39.0 Å². The van der Waals surface area contributed by atoms with E-state index in [0.29, 0.717) is 12.3 Å². The van der Waals surface area contributed by atoms with E-state index in [0.717, 1.165) is 48.4 Å². The Morgan fingerprint density at radius 3 is 2.81 bits per heavy atom. The molecule has 1 aromatic heterocycles. The van der Waals surface area contributed by atoms with Crippen LogP contribution in [0.25, 0.3) is 0 Å². The minimum Gasteiger partial charge on any atom is -0.339 e. The summed E-state index contributed by atoms with van der Waals surface area (Å²) in [5.41, 5.74) is 6.79. The summed E-state index contributed by atoms with van der Waals surface area (Å²) in [7, 11) is 0. The smallest absolute Gasteiger partial charge is 0.226 e. The second-order valence-electron chi connectivity index (χ2n) is 5.26. The number of aromatic nitrogens is 2. The summed E-state index contributed by atoms with van der Waals surface area (Å²) in [6.07, 6.45) is 4.79. The predicted molar refractivity (Wildman–Crippen MR) is 87.0 cm³/mol. The molecule has 0 amide bonds. The monoisotopic (exact) mass is 351 g/mol. The van der Waals surface area contributed by atoms with Crippen LogP contribution in [0.5, 0.6) is 0 Å². The van der Waals surface area contributed by atoms with Gasteiger partial charge in [0.25, 0.3) is 0 Å². The lowest BCUT2D eigenvalue weighted by molar-refractivity contribution is 0.351. The van der Waals surface area contributed by atoms with Crippen molar-refractivity contribution in [3.63, 3.8) is 0 Å². The molecule has 4 nitrogen and oxygen atoms in total. The molecule has 21 heavy (non-hydrogen) atoms. The van der Waals surface area contributed by atoms with Crippen LogP contribution < -0.4 is 5.73 Å². The van der Waals surface area contributed by atoms with Crippen molar-refractivity contribution < 1.29 is 4.52 Å². The third kappa shape index (κ3) is 4.93. The van der Waals surface area contributed by atoms with E-state index < -0.39 is 0 Å². The summed E-state index contributed by atoms with van der Waals surface area (Å²) in [6.45, 7) is 2.95. The van der Waals surface area contributed by atoms with Gasteiger partial charge in [-0.05, 0) is 36.9 Å². The first-order valence-electron chi connectivity index (χ1n) is 7.47. The van der Waals surface area contributed by atoms with Gasteiger partial charge in [-0.15, -0.1) is 0 Å². The van der Waals surface area contributed by atoms with Crippen LogP contribution in [0.3, 0.4) is 0 Å². The Kier molecular flexibility index (Phi) is 6.39. The van der Waals surface area contributed by atoms with Crippen molar-refractivity contribution in [3.8, 4) is 0 Å². The van der Waals surface area contributed by atoms with E-state index in [9.17, 15) is 0 Å². The molecule has 0 bridgehead atoms. The molecule has 2 aromatic rings. The van der Waals surface area contributed by atoms with Gasteiger partial charge in [-0.2, -0.15) is 4.98 Å². The van der Waals surface area contributed by atoms with Crippen LogP contribution in [0.4, 0.5) is 0 Å². The van der Waals surface area contributed by atoms with Crippen LogP contribution >= 0.6 is 15.9 Å². The molecule has 1 atom stereocenters. The van der Waals surface area contributed by atoms with Crippen LogP contribution in [0.2, 0.25) is 0 Å². The Hall–Kier alpha value is -1.20. The summed E-state index contributed by atoms with van der Waals surface area (Å²) in [5.74, 6) is 2.12. The fourth-order valence-corrected chi connectivity index (χ4v) is 2.82. The first-order valence-corrected chi connectivity index (χ1v) is 8.27. The first-order chi connectivity index (χ1) is 10.2. The van der Waals surface area contributed by atoms with E-state index in [1.165, 1.54) is 5.56 Å². The third-order valence-electron chi connectivity index (χ3n) is 3.74. The number of halogens is 1. The highest BCUT2D eigenvalue weighted by atomic mass is 79.9. The summed E-state index contributed by atoms with van der Waals surface area (Å²) in [6, 6.07) is 8.10. The van der Waals surface area contributed by atoms with Crippen molar-refractivity contribution in [2.75, 3.05) is 6.54 Å². The van der Waals surface area contributed by atoms with Crippen LogP contribution in [0.15, 0.2) is 33.3 Å². The van der Waals surface area contributed by atoms with E-state index in [4.69, 9.17) is 10.3 Å². The second kappa shape index (κ2) is 8.29. The standard InChI is InChI=1S/C16H22BrN3O/c1-2-12(9-10-18)7-8-16-19-15(20-21-16)11-13-5-3-4-6-14(13)17/h3-6,12H,2,7-11,18H2,1H3. The van der Waals surface area contributed by atoms with Gasteiger partial charge in [-0.25, -0.2) is 0 Å². The molecule has 114 valence electrons. The van der Waals surface area contributed by atoms with E-state index in [2.05, 4.69) is 39.1 Å². The molecule has 1 unspecified atom stereocenters. The Bertz CT molecular complexity index is 556. The van der Waals surface area contributed by atoms with Gasteiger partial charge >= 0.3 is 0 Å². The molecule has 5 heteroatoms. The molecule has 0 saturated carbocycles. The zero-order valence-electron chi connectivity index (χ0n) is 12.4. The van der Waals surface area contributed by atoms with Crippen LogP contribution in [-0.4, -0.2) is 16.7 Å². The van der Waals surface area contributed by atoms with Gasteiger partial charge in [-0.1, -0.05) is 52.6 Å². The van der Waals surface area contributed by atoms with Crippen molar-refractivity contribution in [1.82, 2.24) is 10.1 Å². The lowest BCUT2D eigenvalue weighted by Gasteiger charge is -2.11. The van der Waals surface area contributed by atoms with Gasteiger partial charge in [0.1, 0.15) is 0 Å². The molecule has 1 aromatic carbocycles. The van der Waals surface area contributed by atoms with E-state index in [-0.39, 0.29) is 0 Å². The number of nitrogens with zero attached hydrogens (tertiary/aromatic N) is 2. The summed E-state index contributed by atoms with van der Waals surface area (Å²) in [5, 5.41) is 4.07. The molecule has 2 rings (SSSR count). The minimum atomic E-state index is 0.647. The molecule has 0 spiro atoms. The van der Waals surface area contributed by atoms with Gasteiger partial charge in [0.05, 0.1) is 0 Å². The molecule has 0 aliphatic rings.